The van der Waals surface area contributed by atoms with Crippen molar-refractivity contribution >= 4 is 23.4 Å². The summed E-state index contributed by atoms with van der Waals surface area (Å²) in [4.78, 5) is 36.1. The molecular formula is C22H25N3O4. The van der Waals surface area contributed by atoms with Crippen LogP contribution in [-0.4, -0.2) is 37.0 Å². The second-order valence-electron chi connectivity index (χ2n) is 6.95. The maximum Gasteiger partial charge on any atom is 0.255 e. The van der Waals surface area contributed by atoms with E-state index in [9.17, 15) is 14.4 Å². The van der Waals surface area contributed by atoms with Crippen LogP contribution in [0.15, 0.2) is 48.5 Å². The molecule has 3 amide bonds. The summed E-state index contributed by atoms with van der Waals surface area (Å²) in [6.45, 7) is 3.05. The average molecular weight is 395 g/mol. The summed E-state index contributed by atoms with van der Waals surface area (Å²) in [5.41, 5.74) is 2.21. The zero-order valence-corrected chi connectivity index (χ0v) is 16.4. The predicted molar refractivity (Wildman–Crippen MR) is 110 cm³/mol. The molecule has 7 nitrogen and oxygen atoms in total. The Morgan fingerprint density at radius 2 is 1.76 bits per heavy atom. The standard InChI is InChI=1S/C22H25N3O4/c1-15(26)23-13-16-8-10-17(11-9-16)21(27)25-20-7-3-2-6-19(20)22(28)24-14-18-5-4-12-29-18/h2-3,6-11,18H,4-5,12-14H2,1H3,(H,23,26)(H,24,28)(H,25,27). The Hall–Kier alpha value is -3.19. The summed E-state index contributed by atoms with van der Waals surface area (Å²) in [5, 5.41) is 8.39. The lowest BCUT2D eigenvalue weighted by molar-refractivity contribution is -0.119. The Morgan fingerprint density at radius 3 is 2.45 bits per heavy atom. The Kier molecular flexibility index (Phi) is 6.97. The molecule has 1 fully saturated rings. The van der Waals surface area contributed by atoms with Crippen LogP contribution in [0.1, 0.15) is 46.0 Å². The van der Waals surface area contributed by atoms with Crippen LogP contribution < -0.4 is 16.0 Å². The number of hydrogen-bond donors (Lipinski definition) is 3. The molecule has 29 heavy (non-hydrogen) atoms. The second-order valence-corrected chi connectivity index (χ2v) is 6.95. The van der Waals surface area contributed by atoms with Gasteiger partial charge in [0.1, 0.15) is 0 Å². The highest BCUT2D eigenvalue weighted by atomic mass is 16.5. The molecule has 1 atom stereocenters. The normalized spacial score (nSPS) is 15.6. The number of carbonyl (C=O) groups is 3. The van der Waals surface area contributed by atoms with Crippen molar-refractivity contribution < 1.29 is 19.1 Å². The van der Waals surface area contributed by atoms with Gasteiger partial charge < -0.3 is 20.7 Å². The third-order valence-corrected chi connectivity index (χ3v) is 4.69. The number of hydrogen-bond acceptors (Lipinski definition) is 4. The number of para-hydroxylation sites is 1. The van der Waals surface area contributed by atoms with Gasteiger partial charge in [-0.25, -0.2) is 0 Å². The van der Waals surface area contributed by atoms with Crippen LogP contribution >= 0.6 is 0 Å². The number of nitrogens with one attached hydrogen (secondary N) is 3. The van der Waals surface area contributed by atoms with Gasteiger partial charge in [0.25, 0.3) is 11.8 Å². The Labute approximate surface area is 169 Å². The molecule has 0 saturated carbocycles. The monoisotopic (exact) mass is 395 g/mol. The molecule has 0 spiro atoms. The van der Waals surface area contributed by atoms with Crippen molar-refractivity contribution in [2.75, 3.05) is 18.5 Å². The summed E-state index contributed by atoms with van der Waals surface area (Å²) in [5.74, 6) is -0.668. The number of ether oxygens (including phenoxy) is 1. The molecule has 3 N–H and O–H groups in total. The van der Waals surface area contributed by atoms with E-state index in [1.807, 2.05) is 0 Å². The first-order chi connectivity index (χ1) is 14.0. The number of benzene rings is 2. The molecule has 2 aromatic carbocycles. The summed E-state index contributed by atoms with van der Waals surface area (Å²) in [6, 6.07) is 13.8. The van der Waals surface area contributed by atoms with E-state index in [0.717, 1.165) is 25.0 Å². The van der Waals surface area contributed by atoms with Gasteiger partial charge >= 0.3 is 0 Å². The van der Waals surface area contributed by atoms with Crippen LogP contribution in [0.25, 0.3) is 0 Å². The van der Waals surface area contributed by atoms with Gasteiger partial charge in [0.2, 0.25) is 5.91 Å². The van der Waals surface area contributed by atoms with Crippen LogP contribution in [0.5, 0.6) is 0 Å². The molecule has 3 rings (SSSR count). The van der Waals surface area contributed by atoms with E-state index in [1.165, 1.54) is 6.92 Å². The van der Waals surface area contributed by atoms with Gasteiger partial charge in [-0.15, -0.1) is 0 Å². The molecule has 1 unspecified atom stereocenters. The molecule has 1 aliphatic rings. The highest BCUT2D eigenvalue weighted by Crippen LogP contribution is 2.17. The van der Waals surface area contributed by atoms with E-state index < -0.39 is 0 Å². The molecule has 0 aromatic heterocycles. The van der Waals surface area contributed by atoms with E-state index in [2.05, 4.69) is 16.0 Å². The van der Waals surface area contributed by atoms with Gasteiger partial charge in [-0.1, -0.05) is 24.3 Å². The zero-order chi connectivity index (χ0) is 20.6. The minimum Gasteiger partial charge on any atom is -0.376 e. The van der Waals surface area contributed by atoms with Crippen molar-refractivity contribution in [3.8, 4) is 0 Å². The van der Waals surface area contributed by atoms with Crippen molar-refractivity contribution in [3.63, 3.8) is 0 Å². The van der Waals surface area contributed by atoms with Crippen LogP contribution in [0.3, 0.4) is 0 Å². The van der Waals surface area contributed by atoms with Gasteiger partial charge in [-0.3, -0.25) is 14.4 Å². The van der Waals surface area contributed by atoms with Gasteiger partial charge in [-0.2, -0.15) is 0 Å². The summed E-state index contributed by atoms with van der Waals surface area (Å²) >= 11 is 0. The van der Waals surface area contributed by atoms with E-state index in [-0.39, 0.29) is 23.8 Å². The minimum absolute atomic E-state index is 0.0525. The first-order valence-corrected chi connectivity index (χ1v) is 9.66. The van der Waals surface area contributed by atoms with E-state index >= 15 is 0 Å². The summed E-state index contributed by atoms with van der Waals surface area (Å²) in [6.07, 6.45) is 2.00. The molecular weight excluding hydrogens is 370 g/mol. The van der Waals surface area contributed by atoms with Gasteiger partial charge in [0.05, 0.1) is 17.4 Å². The fraction of sp³-hybridized carbons (Fsp3) is 0.318. The lowest BCUT2D eigenvalue weighted by Gasteiger charge is -2.14. The average Bonchev–Trinajstić information content (AvgIpc) is 3.25. The van der Waals surface area contributed by atoms with Crippen LogP contribution in [-0.2, 0) is 16.1 Å². The lowest BCUT2D eigenvalue weighted by atomic mass is 10.1. The highest BCUT2D eigenvalue weighted by Gasteiger charge is 2.18. The molecule has 2 aromatic rings. The van der Waals surface area contributed by atoms with Crippen molar-refractivity contribution in [1.82, 2.24) is 10.6 Å². The molecule has 0 radical (unpaired) electrons. The fourth-order valence-electron chi connectivity index (χ4n) is 3.09. The van der Waals surface area contributed by atoms with Crippen LogP contribution in [0, 0.1) is 0 Å². The largest absolute Gasteiger partial charge is 0.376 e. The van der Waals surface area contributed by atoms with Crippen molar-refractivity contribution in [1.29, 1.82) is 0 Å². The SMILES string of the molecule is CC(=O)NCc1ccc(C(=O)Nc2ccccc2C(=O)NCC2CCCO2)cc1. The van der Waals surface area contributed by atoms with E-state index in [4.69, 9.17) is 4.74 Å². The van der Waals surface area contributed by atoms with Gasteiger partial charge in [0, 0.05) is 32.2 Å². The Balaban J connectivity index is 1.62. The zero-order valence-electron chi connectivity index (χ0n) is 16.4. The second kappa shape index (κ2) is 9.84. The maximum atomic E-state index is 12.6. The molecule has 1 saturated heterocycles. The Bertz CT molecular complexity index is 874. The number of anilines is 1. The first-order valence-electron chi connectivity index (χ1n) is 9.66. The Morgan fingerprint density at radius 1 is 1.00 bits per heavy atom. The number of amides is 3. The summed E-state index contributed by atoms with van der Waals surface area (Å²) < 4.78 is 5.52. The maximum absolute atomic E-state index is 12.6. The molecule has 0 aliphatic carbocycles. The van der Waals surface area contributed by atoms with Gasteiger partial charge in [-0.05, 0) is 42.7 Å². The van der Waals surface area contributed by atoms with Crippen molar-refractivity contribution in [3.05, 3.63) is 65.2 Å². The van der Waals surface area contributed by atoms with Crippen molar-refractivity contribution in [2.45, 2.75) is 32.4 Å². The van der Waals surface area contributed by atoms with E-state index in [0.29, 0.717) is 29.9 Å². The third-order valence-electron chi connectivity index (χ3n) is 4.69. The highest BCUT2D eigenvalue weighted by molar-refractivity contribution is 6.09. The van der Waals surface area contributed by atoms with Crippen LogP contribution in [0.2, 0.25) is 0 Å². The third kappa shape index (κ3) is 5.89. The quantitative estimate of drug-likeness (QED) is 0.671. The topological polar surface area (TPSA) is 96.5 Å². The fourth-order valence-corrected chi connectivity index (χ4v) is 3.09. The molecule has 152 valence electrons. The molecule has 1 aliphatic heterocycles. The number of rotatable bonds is 7. The van der Waals surface area contributed by atoms with Crippen molar-refractivity contribution in [2.24, 2.45) is 0 Å². The molecule has 1 heterocycles. The lowest BCUT2D eigenvalue weighted by Crippen LogP contribution is -2.32. The van der Waals surface area contributed by atoms with Crippen LogP contribution in [0.4, 0.5) is 5.69 Å². The minimum atomic E-state index is -0.310. The van der Waals surface area contributed by atoms with Gasteiger partial charge in [0.15, 0.2) is 0 Å². The summed E-state index contributed by atoms with van der Waals surface area (Å²) in [7, 11) is 0. The molecule has 0 bridgehead atoms. The molecule has 7 heteroatoms. The van der Waals surface area contributed by atoms with E-state index in [1.54, 1.807) is 48.5 Å². The first kappa shape index (κ1) is 20.5. The number of carbonyl (C=O) groups excluding carboxylic acids is 3. The predicted octanol–water partition coefficient (Wildman–Crippen LogP) is 2.48. The smallest absolute Gasteiger partial charge is 0.255 e.